The SMILES string of the molecule is CC(C)Cc1ccc(C(C)NC(=O)CSc2nnc(-c3ccc(OC(F)F)cc3)n2N)cc1. The van der Waals surface area contributed by atoms with Crippen LogP contribution in [0.25, 0.3) is 11.4 Å². The maximum absolute atomic E-state index is 12.4. The number of carbonyl (C=O) groups is 1. The molecule has 0 fully saturated rings. The number of thioether (sulfide) groups is 1. The molecule has 1 amide bonds. The van der Waals surface area contributed by atoms with Crippen LogP contribution in [0, 0.1) is 5.92 Å². The van der Waals surface area contributed by atoms with Gasteiger partial charge in [-0.1, -0.05) is 49.9 Å². The molecule has 176 valence electrons. The van der Waals surface area contributed by atoms with Crippen LogP contribution in [0.1, 0.15) is 37.9 Å². The van der Waals surface area contributed by atoms with Gasteiger partial charge in [0.1, 0.15) is 5.75 Å². The van der Waals surface area contributed by atoms with E-state index in [-0.39, 0.29) is 23.5 Å². The van der Waals surface area contributed by atoms with Crippen molar-refractivity contribution in [2.24, 2.45) is 5.92 Å². The minimum absolute atomic E-state index is 0.0341. The van der Waals surface area contributed by atoms with Gasteiger partial charge in [0.05, 0.1) is 11.8 Å². The summed E-state index contributed by atoms with van der Waals surface area (Å²) < 4.78 is 30.2. The van der Waals surface area contributed by atoms with Crippen molar-refractivity contribution in [3.8, 4) is 17.1 Å². The molecule has 0 radical (unpaired) electrons. The van der Waals surface area contributed by atoms with Gasteiger partial charge in [0, 0.05) is 5.56 Å². The van der Waals surface area contributed by atoms with Gasteiger partial charge in [-0.25, -0.2) is 4.68 Å². The number of nitrogens with two attached hydrogens (primary N) is 1. The highest BCUT2D eigenvalue weighted by atomic mass is 32.2. The smallest absolute Gasteiger partial charge is 0.387 e. The van der Waals surface area contributed by atoms with E-state index in [1.54, 1.807) is 12.1 Å². The molecule has 0 bridgehead atoms. The Kier molecular flexibility index (Phi) is 8.26. The summed E-state index contributed by atoms with van der Waals surface area (Å²) in [4.78, 5) is 12.4. The number of halogens is 2. The monoisotopic (exact) mass is 475 g/mol. The third-order valence-corrected chi connectivity index (χ3v) is 5.78. The fourth-order valence-corrected chi connectivity index (χ4v) is 3.94. The molecule has 33 heavy (non-hydrogen) atoms. The summed E-state index contributed by atoms with van der Waals surface area (Å²) in [6.45, 7) is 3.41. The highest BCUT2D eigenvalue weighted by Gasteiger charge is 2.16. The van der Waals surface area contributed by atoms with E-state index in [0.29, 0.717) is 22.5 Å². The molecule has 3 N–H and O–H groups in total. The first kappa shape index (κ1) is 24.5. The maximum Gasteiger partial charge on any atom is 0.387 e. The number of rotatable bonds is 10. The average Bonchev–Trinajstić information content (AvgIpc) is 3.13. The Morgan fingerprint density at radius 3 is 2.36 bits per heavy atom. The number of ether oxygens (including phenoxy) is 1. The molecule has 3 rings (SSSR count). The largest absolute Gasteiger partial charge is 0.435 e. The summed E-state index contributed by atoms with van der Waals surface area (Å²) >= 11 is 1.16. The number of amides is 1. The average molecular weight is 476 g/mol. The lowest BCUT2D eigenvalue weighted by Gasteiger charge is -2.15. The van der Waals surface area contributed by atoms with Gasteiger partial charge in [-0.2, -0.15) is 8.78 Å². The van der Waals surface area contributed by atoms with E-state index < -0.39 is 6.61 Å². The first-order valence-electron chi connectivity index (χ1n) is 10.5. The number of hydrogen-bond donors (Lipinski definition) is 2. The van der Waals surface area contributed by atoms with E-state index in [9.17, 15) is 13.6 Å². The number of alkyl halides is 2. The van der Waals surface area contributed by atoms with Crippen LogP contribution >= 0.6 is 11.8 Å². The predicted octanol–water partition coefficient (Wildman–Crippen LogP) is 4.43. The summed E-state index contributed by atoms with van der Waals surface area (Å²) in [5, 5.41) is 11.4. The van der Waals surface area contributed by atoms with E-state index in [1.807, 2.05) is 19.1 Å². The fraction of sp³-hybridized carbons (Fsp3) is 0.348. The Bertz CT molecular complexity index is 1060. The molecule has 2 aromatic carbocycles. The van der Waals surface area contributed by atoms with Crippen molar-refractivity contribution in [3.05, 3.63) is 59.7 Å². The molecule has 10 heteroatoms. The summed E-state index contributed by atoms with van der Waals surface area (Å²) in [5.74, 6) is 7.00. The van der Waals surface area contributed by atoms with Gasteiger partial charge in [-0.05, 0) is 54.7 Å². The number of benzene rings is 2. The topological polar surface area (TPSA) is 95.1 Å². The summed E-state index contributed by atoms with van der Waals surface area (Å²) in [7, 11) is 0. The first-order valence-corrected chi connectivity index (χ1v) is 11.5. The molecule has 0 spiro atoms. The molecule has 0 aliphatic rings. The quantitative estimate of drug-likeness (QED) is 0.333. The number of aromatic nitrogens is 3. The zero-order valence-electron chi connectivity index (χ0n) is 18.7. The van der Waals surface area contributed by atoms with E-state index in [1.165, 1.54) is 22.4 Å². The number of nitrogens with one attached hydrogen (secondary N) is 1. The molecule has 7 nitrogen and oxygen atoms in total. The van der Waals surface area contributed by atoms with Crippen molar-refractivity contribution in [2.75, 3.05) is 11.6 Å². The lowest BCUT2D eigenvalue weighted by molar-refractivity contribution is -0.119. The van der Waals surface area contributed by atoms with Crippen molar-refractivity contribution in [1.82, 2.24) is 20.2 Å². The van der Waals surface area contributed by atoms with Gasteiger partial charge in [0.15, 0.2) is 5.82 Å². The number of nitrogens with zero attached hydrogens (tertiary/aromatic N) is 3. The Morgan fingerprint density at radius 2 is 1.76 bits per heavy atom. The molecule has 1 aromatic heterocycles. The van der Waals surface area contributed by atoms with Crippen LogP contribution in [0.3, 0.4) is 0 Å². The Labute approximate surface area is 195 Å². The van der Waals surface area contributed by atoms with Crippen LogP contribution in [-0.2, 0) is 11.2 Å². The van der Waals surface area contributed by atoms with Crippen LogP contribution in [-0.4, -0.2) is 33.1 Å². The molecule has 3 aromatic rings. The molecular formula is C23H27F2N5O2S. The van der Waals surface area contributed by atoms with Crippen LogP contribution in [0.15, 0.2) is 53.7 Å². The molecular weight excluding hydrogens is 448 g/mol. The molecule has 1 unspecified atom stereocenters. The highest BCUT2D eigenvalue weighted by Crippen LogP contribution is 2.24. The van der Waals surface area contributed by atoms with Crippen LogP contribution in [0.4, 0.5) is 8.78 Å². The number of hydrogen-bond acceptors (Lipinski definition) is 6. The van der Waals surface area contributed by atoms with E-state index in [2.05, 4.69) is 46.2 Å². The van der Waals surface area contributed by atoms with E-state index in [4.69, 9.17) is 5.84 Å². The van der Waals surface area contributed by atoms with Gasteiger partial charge >= 0.3 is 6.61 Å². The molecule has 1 heterocycles. The van der Waals surface area contributed by atoms with Crippen LogP contribution < -0.4 is 15.9 Å². The van der Waals surface area contributed by atoms with E-state index >= 15 is 0 Å². The zero-order chi connectivity index (χ0) is 24.0. The Hall–Kier alpha value is -3.14. The van der Waals surface area contributed by atoms with Crippen molar-refractivity contribution in [1.29, 1.82) is 0 Å². The highest BCUT2D eigenvalue weighted by molar-refractivity contribution is 7.99. The van der Waals surface area contributed by atoms with Crippen molar-refractivity contribution in [2.45, 2.75) is 45.0 Å². The minimum atomic E-state index is -2.89. The lowest BCUT2D eigenvalue weighted by atomic mass is 10.00. The summed E-state index contributed by atoms with van der Waals surface area (Å²) in [5.41, 5.74) is 2.89. The molecule has 0 saturated heterocycles. The zero-order valence-corrected chi connectivity index (χ0v) is 19.5. The van der Waals surface area contributed by atoms with E-state index in [0.717, 1.165) is 23.7 Å². The second kappa shape index (κ2) is 11.1. The summed E-state index contributed by atoms with van der Waals surface area (Å²) in [6, 6.07) is 14.0. The normalized spacial score (nSPS) is 12.2. The maximum atomic E-state index is 12.4. The molecule has 0 saturated carbocycles. The molecule has 0 aliphatic carbocycles. The second-order valence-corrected chi connectivity index (χ2v) is 8.94. The van der Waals surface area contributed by atoms with Crippen molar-refractivity contribution >= 4 is 17.7 Å². The number of carbonyl (C=O) groups excluding carboxylic acids is 1. The number of nitrogen functional groups attached to an aromatic ring is 1. The lowest BCUT2D eigenvalue weighted by Crippen LogP contribution is -2.28. The van der Waals surface area contributed by atoms with Gasteiger partial charge in [-0.15, -0.1) is 10.2 Å². The minimum Gasteiger partial charge on any atom is -0.435 e. The second-order valence-electron chi connectivity index (χ2n) is 8.00. The predicted molar refractivity (Wildman–Crippen MR) is 125 cm³/mol. The Balaban J connectivity index is 1.54. The van der Waals surface area contributed by atoms with Gasteiger partial charge in [0.2, 0.25) is 11.1 Å². The van der Waals surface area contributed by atoms with Crippen molar-refractivity contribution in [3.63, 3.8) is 0 Å². The third kappa shape index (κ3) is 6.92. The standard InChI is InChI=1S/C23H27F2N5O2S/c1-14(2)12-16-4-6-17(7-5-16)15(3)27-20(31)13-33-23-29-28-21(30(23)26)18-8-10-19(11-9-18)32-22(24)25/h4-11,14-15,22H,12-13,26H2,1-3H3,(H,27,31). The van der Waals surface area contributed by atoms with Crippen molar-refractivity contribution < 1.29 is 18.3 Å². The third-order valence-electron chi connectivity index (χ3n) is 4.84. The first-order chi connectivity index (χ1) is 15.7. The van der Waals surface area contributed by atoms with Gasteiger partial charge in [0.25, 0.3) is 0 Å². The fourth-order valence-electron chi connectivity index (χ4n) is 3.27. The van der Waals surface area contributed by atoms with Crippen LogP contribution in [0.2, 0.25) is 0 Å². The molecule has 0 aliphatic heterocycles. The van der Waals surface area contributed by atoms with Gasteiger partial charge in [-0.3, -0.25) is 4.79 Å². The molecule has 1 atom stereocenters. The summed E-state index contributed by atoms with van der Waals surface area (Å²) in [6.07, 6.45) is 1.02. The Morgan fingerprint density at radius 1 is 1.09 bits per heavy atom. The van der Waals surface area contributed by atoms with Gasteiger partial charge < -0.3 is 15.9 Å². The van der Waals surface area contributed by atoms with Crippen LogP contribution in [0.5, 0.6) is 5.75 Å².